The Labute approximate surface area is 124 Å². The minimum Gasteiger partial charge on any atom is -0.457 e. The van der Waals surface area contributed by atoms with E-state index in [1.807, 2.05) is 12.1 Å². The Hall–Kier alpha value is -1.52. The fraction of sp³-hybridized carbons (Fsp3) is 0.0714. The van der Waals surface area contributed by atoms with Crippen LogP contribution in [-0.2, 0) is 11.3 Å². The maximum Gasteiger partial charge on any atom is 0.340 e. The molecule has 3 nitrogen and oxygen atoms in total. The van der Waals surface area contributed by atoms with Crippen LogP contribution >= 0.6 is 27.5 Å². The van der Waals surface area contributed by atoms with Gasteiger partial charge in [0.15, 0.2) is 0 Å². The molecule has 0 aromatic heterocycles. The number of carbonyl (C=O) groups is 1. The van der Waals surface area contributed by atoms with Crippen LogP contribution in [0.1, 0.15) is 15.9 Å². The van der Waals surface area contributed by atoms with E-state index < -0.39 is 5.97 Å². The van der Waals surface area contributed by atoms with Gasteiger partial charge in [-0.2, -0.15) is 0 Å². The summed E-state index contributed by atoms with van der Waals surface area (Å²) in [6.45, 7) is 0.119. The highest BCUT2D eigenvalue weighted by Gasteiger charge is 2.12. The number of carbonyl (C=O) groups excluding carboxylic acids is 1. The van der Waals surface area contributed by atoms with Gasteiger partial charge < -0.3 is 10.5 Å². The lowest BCUT2D eigenvalue weighted by atomic mass is 10.2. The largest absolute Gasteiger partial charge is 0.457 e. The van der Waals surface area contributed by atoms with Gasteiger partial charge >= 0.3 is 5.97 Å². The molecule has 0 bridgehead atoms. The normalized spacial score (nSPS) is 10.2. The van der Waals surface area contributed by atoms with Crippen molar-refractivity contribution in [3.8, 4) is 0 Å². The second-order valence-corrected chi connectivity index (χ2v) is 5.22. The van der Waals surface area contributed by atoms with Gasteiger partial charge in [-0.05, 0) is 24.3 Å². The molecule has 2 aromatic rings. The lowest BCUT2D eigenvalue weighted by Crippen LogP contribution is -2.08. The summed E-state index contributed by atoms with van der Waals surface area (Å²) in [6, 6.07) is 12.2. The first-order valence-corrected chi connectivity index (χ1v) is 6.70. The number of nitrogen functional groups attached to an aromatic ring is 1. The first-order valence-electron chi connectivity index (χ1n) is 5.53. The van der Waals surface area contributed by atoms with E-state index in [0.29, 0.717) is 16.3 Å². The van der Waals surface area contributed by atoms with Crippen LogP contribution in [0.5, 0.6) is 0 Å². The van der Waals surface area contributed by atoms with Gasteiger partial charge in [-0.1, -0.05) is 45.7 Å². The highest BCUT2D eigenvalue weighted by molar-refractivity contribution is 9.10. The van der Waals surface area contributed by atoms with Gasteiger partial charge in [0.25, 0.3) is 0 Å². The van der Waals surface area contributed by atoms with Crippen molar-refractivity contribution in [1.29, 1.82) is 0 Å². The fourth-order valence-corrected chi connectivity index (χ4v) is 2.13. The molecule has 19 heavy (non-hydrogen) atoms. The summed E-state index contributed by atoms with van der Waals surface area (Å²) >= 11 is 9.26. The molecule has 2 rings (SSSR count). The van der Waals surface area contributed by atoms with Gasteiger partial charge in [0.1, 0.15) is 6.61 Å². The van der Waals surface area contributed by atoms with E-state index >= 15 is 0 Å². The monoisotopic (exact) mass is 339 g/mol. The van der Waals surface area contributed by atoms with Crippen molar-refractivity contribution in [1.82, 2.24) is 0 Å². The molecule has 2 aromatic carbocycles. The summed E-state index contributed by atoms with van der Waals surface area (Å²) in [6.07, 6.45) is 0. The lowest BCUT2D eigenvalue weighted by Gasteiger charge is -2.08. The second-order valence-electron chi connectivity index (χ2n) is 3.90. The Kier molecular flexibility index (Phi) is 4.45. The zero-order valence-electron chi connectivity index (χ0n) is 9.90. The topological polar surface area (TPSA) is 52.3 Å². The smallest absolute Gasteiger partial charge is 0.340 e. The number of ether oxygens (including phenoxy) is 1. The van der Waals surface area contributed by atoms with Crippen LogP contribution in [0.4, 0.5) is 5.69 Å². The molecule has 0 radical (unpaired) electrons. The van der Waals surface area contributed by atoms with Crippen LogP contribution in [0.25, 0.3) is 0 Å². The van der Waals surface area contributed by atoms with Gasteiger partial charge in [-0.15, -0.1) is 0 Å². The third-order valence-corrected chi connectivity index (χ3v) is 3.41. The molecule has 98 valence electrons. The zero-order chi connectivity index (χ0) is 13.8. The van der Waals surface area contributed by atoms with Crippen LogP contribution < -0.4 is 5.73 Å². The van der Waals surface area contributed by atoms with Crippen molar-refractivity contribution in [2.45, 2.75) is 6.61 Å². The van der Waals surface area contributed by atoms with Crippen molar-refractivity contribution in [3.63, 3.8) is 0 Å². The molecular formula is C14H11BrClNO2. The van der Waals surface area contributed by atoms with Crippen LogP contribution in [0, 0.1) is 0 Å². The predicted molar refractivity (Wildman–Crippen MR) is 79.1 cm³/mol. The Morgan fingerprint density at radius 1 is 1.26 bits per heavy atom. The Morgan fingerprint density at radius 2 is 2.00 bits per heavy atom. The molecular weight excluding hydrogens is 330 g/mol. The van der Waals surface area contributed by atoms with Crippen molar-refractivity contribution >= 4 is 39.2 Å². The molecule has 0 saturated heterocycles. The van der Waals surface area contributed by atoms with Gasteiger partial charge in [0.05, 0.1) is 5.56 Å². The van der Waals surface area contributed by atoms with E-state index in [1.54, 1.807) is 30.3 Å². The molecule has 0 saturated carbocycles. The molecule has 2 N–H and O–H groups in total. The average molecular weight is 341 g/mol. The summed E-state index contributed by atoms with van der Waals surface area (Å²) in [5, 5.41) is 0.569. The van der Waals surface area contributed by atoms with Gasteiger partial charge in [0, 0.05) is 20.7 Å². The first-order chi connectivity index (χ1) is 9.08. The van der Waals surface area contributed by atoms with E-state index in [9.17, 15) is 4.79 Å². The van der Waals surface area contributed by atoms with E-state index in [0.717, 1.165) is 10.0 Å². The van der Waals surface area contributed by atoms with Crippen molar-refractivity contribution in [2.24, 2.45) is 0 Å². The van der Waals surface area contributed by atoms with E-state index in [2.05, 4.69) is 15.9 Å². The third-order valence-electron chi connectivity index (χ3n) is 2.55. The summed E-state index contributed by atoms with van der Waals surface area (Å²) in [4.78, 5) is 11.9. The predicted octanol–water partition coefficient (Wildman–Crippen LogP) is 4.04. The van der Waals surface area contributed by atoms with E-state index in [-0.39, 0.29) is 6.61 Å². The van der Waals surface area contributed by atoms with Crippen LogP contribution in [0.3, 0.4) is 0 Å². The third kappa shape index (κ3) is 3.49. The molecule has 5 heteroatoms. The molecule has 0 aliphatic carbocycles. The number of hydrogen-bond acceptors (Lipinski definition) is 3. The number of esters is 1. The quantitative estimate of drug-likeness (QED) is 0.677. The summed E-state index contributed by atoms with van der Waals surface area (Å²) < 4.78 is 6.01. The van der Waals surface area contributed by atoms with Gasteiger partial charge in [-0.3, -0.25) is 0 Å². The molecule has 0 unspecified atom stereocenters. The Morgan fingerprint density at radius 3 is 2.68 bits per heavy atom. The highest BCUT2D eigenvalue weighted by Crippen LogP contribution is 2.21. The minimum absolute atomic E-state index is 0.119. The van der Waals surface area contributed by atoms with E-state index in [4.69, 9.17) is 22.1 Å². The molecule has 0 amide bonds. The van der Waals surface area contributed by atoms with Crippen molar-refractivity contribution in [2.75, 3.05) is 5.73 Å². The fourth-order valence-electron chi connectivity index (χ4n) is 1.56. The number of hydrogen-bond donors (Lipinski definition) is 1. The van der Waals surface area contributed by atoms with Crippen molar-refractivity contribution in [3.05, 3.63) is 63.1 Å². The summed E-state index contributed by atoms with van der Waals surface area (Å²) in [5.74, 6) is -0.468. The van der Waals surface area contributed by atoms with Crippen LogP contribution in [0.2, 0.25) is 5.02 Å². The summed E-state index contributed by atoms with van der Waals surface area (Å²) in [5.41, 5.74) is 7.24. The molecule has 0 aliphatic rings. The number of rotatable bonds is 3. The number of benzene rings is 2. The molecule has 0 atom stereocenters. The second kappa shape index (κ2) is 6.08. The van der Waals surface area contributed by atoms with Crippen LogP contribution in [0.15, 0.2) is 46.9 Å². The highest BCUT2D eigenvalue weighted by atomic mass is 79.9. The molecule has 0 spiro atoms. The maximum absolute atomic E-state index is 11.9. The number of halogens is 2. The summed E-state index contributed by atoms with van der Waals surface area (Å²) in [7, 11) is 0. The Bertz CT molecular complexity index is 616. The molecule has 0 aliphatic heterocycles. The first kappa shape index (κ1) is 13.9. The average Bonchev–Trinajstić information content (AvgIpc) is 2.37. The minimum atomic E-state index is -0.468. The number of anilines is 1. The number of nitrogens with two attached hydrogens (primary N) is 1. The van der Waals surface area contributed by atoms with Crippen molar-refractivity contribution < 1.29 is 9.53 Å². The maximum atomic E-state index is 11.9. The molecule has 0 fully saturated rings. The standard InChI is InChI=1S/C14H11BrClNO2/c15-10-5-6-11(13(17)7-10)14(18)19-8-9-3-1-2-4-12(9)16/h1-7H,8,17H2. The van der Waals surface area contributed by atoms with E-state index in [1.165, 1.54) is 0 Å². The van der Waals surface area contributed by atoms with Gasteiger partial charge in [0.2, 0.25) is 0 Å². The lowest BCUT2D eigenvalue weighted by molar-refractivity contribution is 0.0474. The molecule has 0 heterocycles. The Balaban J connectivity index is 2.08. The SMILES string of the molecule is Nc1cc(Br)ccc1C(=O)OCc1ccccc1Cl. The van der Waals surface area contributed by atoms with Gasteiger partial charge in [-0.25, -0.2) is 4.79 Å². The van der Waals surface area contributed by atoms with Crippen LogP contribution in [-0.4, -0.2) is 5.97 Å². The zero-order valence-corrected chi connectivity index (χ0v) is 12.2.